The molecule has 1 aromatic rings. The third-order valence-corrected chi connectivity index (χ3v) is 3.68. The number of rotatable bonds is 8. The molecule has 0 N–H and O–H groups in total. The molecule has 0 aliphatic heterocycles. The number of benzene rings is 1. The molecular formula is C18H28N2O2. The number of anilines is 1. The van der Waals surface area contributed by atoms with Gasteiger partial charge in [0.25, 0.3) is 0 Å². The van der Waals surface area contributed by atoms with Gasteiger partial charge in [-0.3, -0.25) is 9.59 Å². The van der Waals surface area contributed by atoms with E-state index in [1.54, 1.807) is 11.8 Å². The number of hydrogen-bond acceptors (Lipinski definition) is 2. The van der Waals surface area contributed by atoms with Crippen LogP contribution >= 0.6 is 0 Å². The van der Waals surface area contributed by atoms with Crippen molar-refractivity contribution in [2.75, 3.05) is 24.5 Å². The largest absolute Gasteiger partial charge is 0.343 e. The normalized spacial score (nSPS) is 10.4. The Morgan fingerprint density at radius 1 is 1.00 bits per heavy atom. The van der Waals surface area contributed by atoms with Crippen LogP contribution in [0.3, 0.4) is 0 Å². The van der Waals surface area contributed by atoms with Crippen molar-refractivity contribution in [1.29, 1.82) is 0 Å². The molecule has 0 unspecified atom stereocenters. The third kappa shape index (κ3) is 5.17. The fourth-order valence-electron chi connectivity index (χ4n) is 2.58. The lowest BCUT2D eigenvalue weighted by molar-refractivity contribution is -0.131. The second-order valence-electron chi connectivity index (χ2n) is 5.59. The van der Waals surface area contributed by atoms with E-state index in [1.807, 2.05) is 36.1 Å². The van der Waals surface area contributed by atoms with Crippen LogP contribution in [0.15, 0.2) is 24.3 Å². The number of amides is 2. The fourth-order valence-corrected chi connectivity index (χ4v) is 2.58. The lowest BCUT2D eigenvalue weighted by atomic mass is 10.1. The molecule has 0 spiro atoms. The number of hydrogen-bond donors (Lipinski definition) is 0. The Kier molecular flexibility index (Phi) is 7.64. The molecule has 0 saturated carbocycles. The van der Waals surface area contributed by atoms with E-state index in [-0.39, 0.29) is 11.8 Å². The lowest BCUT2D eigenvalue weighted by Gasteiger charge is -2.26. The molecule has 122 valence electrons. The predicted octanol–water partition coefficient (Wildman–Crippen LogP) is 3.39. The minimum absolute atomic E-state index is 0.0281. The summed E-state index contributed by atoms with van der Waals surface area (Å²) in [6.45, 7) is 9.69. The number of aryl methyl sites for hydroxylation is 1. The average Bonchev–Trinajstić information content (AvgIpc) is 2.48. The average molecular weight is 304 g/mol. The zero-order valence-corrected chi connectivity index (χ0v) is 14.3. The van der Waals surface area contributed by atoms with Crippen LogP contribution in [0.25, 0.3) is 0 Å². The van der Waals surface area contributed by atoms with Gasteiger partial charge in [0.1, 0.15) is 0 Å². The minimum atomic E-state index is -0.0281. The summed E-state index contributed by atoms with van der Waals surface area (Å²) in [6, 6.07) is 7.78. The van der Waals surface area contributed by atoms with Gasteiger partial charge in [0.15, 0.2) is 0 Å². The summed E-state index contributed by atoms with van der Waals surface area (Å²) in [7, 11) is 0. The molecular weight excluding hydrogens is 276 g/mol. The van der Waals surface area contributed by atoms with E-state index in [1.165, 1.54) is 0 Å². The van der Waals surface area contributed by atoms with Crippen LogP contribution in [-0.2, 0) is 9.59 Å². The van der Waals surface area contributed by atoms with Crippen LogP contribution < -0.4 is 4.90 Å². The van der Waals surface area contributed by atoms with Gasteiger partial charge >= 0.3 is 0 Å². The molecule has 1 rings (SSSR count). The first-order valence-corrected chi connectivity index (χ1v) is 8.12. The molecule has 0 bridgehead atoms. The first kappa shape index (κ1) is 18.2. The van der Waals surface area contributed by atoms with E-state index in [9.17, 15) is 9.59 Å². The van der Waals surface area contributed by atoms with Crippen molar-refractivity contribution in [2.24, 2.45) is 0 Å². The van der Waals surface area contributed by atoms with Crippen LogP contribution in [-0.4, -0.2) is 36.3 Å². The molecule has 4 heteroatoms. The summed E-state index contributed by atoms with van der Waals surface area (Å²) in [5, 5.41) is 0. The summed E-state index contributed by atoms with van der Waals surface area (Å²) in [5.41, 5.74) is 1.93. The Bertz CT molecular complexity index is 494. The molecule has 0 fully saturated rings. The SMILES string of the molecule is CCCN(CCC)C(=O)CCN(C(C)=O)c1ccccc1C. The van der Waals surface area contributed by atoms with Gasteiger partial charge in [-0.2, -0.15) is 0 Å². The topological polar surface area (TPSA) is 40.6 Å². The molecule has 22 heavy (non-hydrogen) atoms. The molecule has 4 nitrogen and oxygen atoms in total. The van der Waals surface area contributed by atoms with E-state index in [2.05, 4.69) is 13.8 Å². The Morgan fingerprint density at radius 3 is 2.09 bits per heavy atom. The van der Waals surface area contributed by atoms with E-state index >= 15 is 0 Å². The Balaban J connectivity index is 2.75. The second kappa shape index (κ2) is 9.23. The molecule has 0 aliphatic carbocycles. The maximum Gasteiger partial charge on any atom is 0.224 e. The summed E-state index contributed by atoms with van der Waals surface area (Å²) >= 11 is 0. The number of para-hydroxylation sites is 1. The van der Waals surface area contributed by atoms with Crippen LogP contribution in [0.5, 0.6) is 0 Å². The van der Waals surface area contributed by atoms with E-state index in [0.717, 1.165) is 37.2 Å². The molecule has 0 saturated heterocycles. The molecule has 0 heterocycles. The summed E-state index contributed by atoms with van der Waals surface area (Å²) in [5.74, 6) is 0.100. The first-order valence-electron chi connectivity index (χ1n) is 8.12. The highest BCUT2D eigenvalue weighted by Crippen LogP contribution is 2.20. The van der Waals surface area contributed by atoms with Gasteiger partial charge in [0, 0.05) is 38.7 Å². The maximum absolute atomic E-state index is 12.4. The van der Waals surface area contributed by atoms with Crippen molar-refractivity contribution in [3.05, 3.63) is 29.8 Å². The van der Waals surface area contributed by atoms with Gasteiger partial charge in [-0.15, -0.1) is 0 Å². The fraction of sp³-hybridized carbons (Fsp3) is 0.556. The van der Waals surface area contributed by atoms with Crippen molar-refractivity contribution in [1.82, 2.24) is 4.90 Å². The highest BCUT2D eigenvalue weighted by atomic mass is 16.2. The lowest BCUT2D eigenvalue weighted by Crippen LogP contribution is -2.37. The molecule has 0 aliphatic rings. The van der Waals surface area contributed by atoms with E-state index in [0.29, 0.717) is 13.0 Å². The highest BCUT2D eigenvalue weighted by molar-refractivity contribution is 5.93. The smallest absolute Gasteiger partial charge is 0.224 e. The highest BCUT2D eigenvalue weighted by Gasteiger charge is 2.17. The van der Waals surface area contributed by atoms with Gasteiger partial charge in [0.2, 0.25) is 11.8 Å². The zero-order valence-electron chi connectivity index (χ0n) is 14.3. The van der Waals surface area contributed by atoms with Crippen molar-refractivity contribution < 1.29 is 9.59 Å². The first-order chi connectivity index (χ1) is 10.5. The maximum atomic E-state index is 12.4. The van der Waals surface area contributed by atoms with Gasteiger partial charge in [-0.05, 0) is 31.4 Å². The molecule has 0 aromatic heterocycles. The second-order valence-corrected chi connectivity index (χ2v) is 5.59. The Hall–Kier alpha value is -1.84. The third-order valence-electron chi connectivity index (χ3n) is 3.68. The molecule has 2 amide bonds. The van der Waals surface area contributed by atoms with Crippen LogP contribution in [0.4, 0.5) is 5.69 Å². The number of carbonyl (C=O) groups excluding carboxylic acids is 2. The van der Waals surface area contributed by atoms with Crippen molar-refractivity contribution in [3.8, 4) is 0 Å². The monoisotopic (exact) mass is 304 g/mol. The Morgan fingerprint density at radius 2 is 1.59 bits per heavy atom. The van der Waals surface area contributed by atoms with Gasteiger partial charge < -0.3 is 9.80 Å². The van der Waals surface area contributed by atoms with Crippen LogP contribution in [0, 0.1) is 6.92 Å². The summed E-state index contributed by atoms with van der Waals surface area (Å²) in [4.78, 5) is 27.9. The molecule has 0 radical (unpaired) electrons. The molecule has 1 aromatic carbocycles. The van der Waals surface area contributed by atoms with Gasteiger partial charge in [-0.1, -0.05) is 32.0 Å². The van der Waals surface area contributed by atoms with E-state index < -0.39 is 0 Å². The quantitative estimate of drug-likeness (QED) is 0.738. The molecule has 0 atom stereocenters. The standard InChI is InChI=1S/C18H28N2O2/c1-5-12-19(13-6-2)18(22)11-14-20(16(4)21)17-10-8-7-9-15(17)3/h7-10H,5-6,11-14H2,1-4H3. The zero-order chi connectivity index (χ0) is 16.5. The number of nitrogens with zero attached hydrogens (tertiary/aromatic N) is 2. The summed E-state index contributed by atoms with van der Waals surface area (Å²) < 4.78 is 0. The van der Waals surface area contributed by atoms with Crippen LogP contribution in [0.2, 0.25) is 0 Å². The van der Waals surface area contributed by atoms with Gasteiger partial charge in [0.05, 0.1) is 0 Å². The van der Waals surface area contributed by atoms with Crippen LogP contribution in [0.1, 0.15) is 45.6 Å². The number of carbonyl (C=O) groups is 2. The van der Waals surface area contributed by atoms with Crippen molar-refractivity contribution in [3.63, 3.8) is 0 Å². The summed E-state index contributed by atoms with van der Waals surface area (Å²) in [6.07, 6.45) is 2.29. The van der Waals surface area contributed by atoms with Crippen molar-refractivity contribution in [2.45, 2.75) is 47.0 Å². The minimum Gasteiger partial charge on any atom is -0.343 e. The van der Waals surface area contributed by atoms with Crippen molar-refractivity contribution >= 4 is 17.5 Å². The van der Waals surface area contributed by atoms with Gasteiger partial charge in [-0.25, -0.2) is 0 Å². The van der Waals surface area contributed by atoms with E-state index in [4.69, 9.17) is 0 Å². The Labute approximate surface area is 134 Å². The predicted molar refractivity (Wildman–Crippen MR) is 91.0 cm³/mol.